The lowest BCUT2D eigenvalue weighted by Crippen LogP contribution is -2.48. The highest BCUT2D eigenvalue weighted by Gasteiger charge is 2.19. The molecule has 0 radical (unpaired) electrons. The van der Waals surface area contributed by atoms with Crippen molar-refractivity contribution in [1.29, 1.82) is 0 Å². The van der Waals surface area contributed by atoms with Crippen LogP contribution >= 0.6 is 35.1 Å². The molecule has 3 aromatic heterocycles. The molecule has 1 amide bonds. The van der Waals surface area contributed by atoms with Crippen molar-refractivity contribution in [3.63, 3.8) is 0 Å². The van der Waals surface area contributed by atoms with Gasteiger partial charge < -0.3 is 10.2 Å². The molecule has 25 heavy (non-hydrogen) atoms. The number of carbonyl (C=O) groups excluding carboxylic acids is 1. The predicted octanol–water partition coefficient (Wildman–Crippen LogP) is 2.04. The van der Waals surface area contributed by atoms with E-state index in [1.165, 1.54) is 22.2 Å². The quantitative estimate of drug-likeness (QED) is 0.735. The molecule has 1 N–H and O–H groups in total. The van der Waals surface area contributed by atoms with Crippen molar-refractivity contribution < 1.29 is 4.79 Å². The zero-order valence-corrected chi connectivity index (χ0v) is 15.8. The van der Waals surface area contributed by atoms with Gasteiger partial charge in [0.05, 0.1) is 11.7 Å². The second-order valence-electron chi connectivity index (χ2n) is 5.62. The normalized spacial score (nSPS) is 14.5. The smallest absolute Gasteiger partial charge is 0.263 e. The van der Waals surface area contributed by atoms with Gasteiger partial charge >= 0.3 is 0 Å². The number of thiophene rings is 2. The molecular weight excluding hydrogens is 380 g/mol. The Morgan fingerprint density at radius 1 is 1.28 bits per heavy atom. The van der Waals surface area contributed by atoms with Crippen molar-refractivity contribution in [3.8, 4) is 10.4 Å². The maximum atomic E-state index is 12.9. The maximum Gasteiger partial charge on any atom is 0.263 e. The Hall–Kier alpha value is -1.74. The van der Waals surface area contributed by atoms with Crippen LogP contribution in [0.25, 0.3) is 20.7 Å². The van der Waals surface area contributed by atoms with Gasteiger partial charge in [0.15, 0.2) is 0 Å². The van der Waals surface area contributed by atoms with Crippen molar-refractivity contribution in [1.82, 2.24) is 19.8 Å². The summed E-state index contributed by atoms with van der Waals surface area (Å²) in [5.74, 6) is -0.0346. The summed E-state index contributed by atoms with van der Waals surface area (Å²) in [6.07, 6.45) is 1.49. The minimum absolute atomic E-state index is 0. The van der Waals surface area contributed by atoms with Crippen LogP contribution in [0.4, 0.5) is 0 Å². The molecule has 4 rings (SSSR count). The topological polar surface area (TPSA) is 67.2 Å². The van der Waals surface area contributed by atoms with Crippen molar-refractivity contribution in [2.24, 2.45) is 0 Å². The Balaban J connectivity index is 0.00000182. The first-order valence-corrected chi connectivity index (χ1v) is 9.49. The van der Waals surface area contributed by atoms with E-state index in [2.05, 4.69) is 10.3 Å². The number of fused-ring (bicyclic) bond motifs is 1. The number of hydrogen-bond donors (Lipinski definition) is 1. The fraction of sp³-hybridized carbons (Fsp3) is 0.312. The molecule has 0 saturated carbocycles. The van der Waals surface area contributed by atoms with E-state index >= 15 is 0 Å². The summed E-state index contributed by atoms with van der Waals surface area (Å²) in [5.41, 5.74) is 0.764. The molecule has 1 aliphatic heterocycles. The van der Waals surface area contributed by atoms with Crippen LogP contribution in [0.2, 0.25) is 0 Å². The minimum Gasteiger partial charge on any atom is -0.339 e. The van der Waals surface area contributed by atoms with Gasteiger partial charge in [-0.3, -0.25) is 14.2 Å². The number of halogens is 1. The van der Waals surface area contributed by atoms with Gasteiger partial charge in [0.1, 0.15) is 11.4 Å². The van der Waals surface area contributed by atoms with Gasteiger partial charge in [-0.15, -0.1) is 35.1 Å². The van der Waals surface area contributed by atoms with Crippen molar-refractivity contribution in [2.75, 3.05) is 26.2 Å². The third-order valence-corrected chi connectivity index (χ3v) is 5.91. The van der Waals surface area contributed by atoms with Crippen LogP contribution in [0.5, 0.6) is 0 Å². The van der Waals surface area contributed by atoms with E-state index in [0.29, 0.717) is 23.3 Å². The van der Waals surface area contributed by atoms with Gasteiger partial charge in [-0.25, -0.2) is 4.98 Å². The van der Waals surface area contributed by atoms with Gasteiger partial charge in [0, 0.05) is 42.0 Å². The Kier molecular flexibility index (Phi) is 5.53. The fourth-order valence-electron chi connectivity index (χ4n) is 2.85. The lowest BCUT2D eigenvalue weighted by Gasteiger charge is -2.27. The van der Waals surface area contributed by atoms with E-state index in [9.17, 15) is 9.59 Å². The number of carbonyl (C=O) groups is 1. The average Bonchev–Trinajstić information content (AvgIpc) is 3.27. The molecule has 0 aliphatic carbocycles. The number of rotatable bonds is 3. The molecule has 0 aromatic carbocycles. The lowest BCUT2D eigenvalue weighted by atomic mass is 10.2. The minimum atomic E-state index is -0.145. The molecule has 1 fully saturated rings. The summed E-state index contributed by atoms with van der Waals surface area (Å²) in [6, 6.07) is 3.96. The number of aromatic nitrogens is 2. The molecule has 1 saturated heterocycles. The first-order valence-electron chi connectivity index (χ1n) is 7.73. The molecule has 6 nitrogen and oxygen atoms in total. The van der Waals surface area contributed by atoms with Crippen LogP contribution in [-0.4, -0.2) is 46.5 Å². The van der Waals surface area contributed by atoms with Gasteiger partial charge in [-0.1, -0.05) is 6.07 Å². The maximum absolute atomic E-state index is 12.9. The van der Waals surface area contributed by atoms with Crippen LogP contribution < -0.4 is 10.9 Å². The molecule has 0 bridgehead atoms. The fourth-order valence-corrected chi connectivity index (χ4v) is 4.57. The largest absolute Gasteiger partial charge is 0.339 e. The highest BCUT2D eigenvalue weighted by molar-refractivity contribution is 7.18. The molecule has 0 unspecified atom stereocenters. The van der Waals surface area contributed by atoms with Gasteiger partial charge in [0.2, 0.25) is 5.91 Å². The van der Waals surface area contributed by atoms with Gasteiger partial charge in [-0.2, -0.15) is 0 Å². The highest BCUT2D eigenvalue weighted by Crippen LogP contribution is 2.33. The number of amides is 1. The monoisotopic (exact) mass is 396 g/mol. The molecule has 4 heterocycles. The van der Waals surface area contributed by atoms with Crippen molar-refractivity contribution >= 4 is 51.2 Å². The molecular formula is C16H17ClN4O2S2. The third kappa shape index (κ3) is 3.48. The molecule has 9 heteroatoms. The Bertz CT molecular complexity index is 929. The molecule has 0 atom stereocenters. The lowest BCUT2D eigenvalue weighted by molar-refractivity contribution is -0.132. The van der Waals surface area contributed by atoms with Gasteiger partial charge in [0.25, 0.3) is 5.56 Å². The first-order chi connectivity index (χ1) is 11.7. The van der Waals surface area contributed by atoms with Crippen LogP contribution in [0.15, 0.2) is 34.0 Å². The number of hydrogen-bond acceptors (Lipinski definition) is 6. The van der Waals surface area contributed by atoms with Crippen LogP contribution in [0.1, 0.15) is 0 Å². The van der Waals surface area contributed by atoms with E-state index in [4.69, 9.17) is 0 Å². The van der Waals surface area contributed by atoms with E-state index in [1.807, 2.05) is 22.9 Å². The van der Waals surface area contributed by atoms with Crippen LogP contribution in [-0.2, 0) is 11.3 Å². The SMILES string of the molecule is Cl.O=C(Cn1cnc2scc(-c3cccs3)c2c1=O)N1CCNCC1. The second kappa shape index (κ2) is 7.65. The third-order valence-electron chi connectivity index (χ3n) is 4.12. The molecule has 3 aromatic rings. The van der Waals surface area contributed by atoms with Crippen molar-refractivity contribution in [3.05, 3.63) is 39.6 Å². The summed E-state index contributed by atoms with van der Waals surface area (Å²) in [4.78, 5) is 33.2. The van der Waals surface area contributed by atoms with E-state index in [0.717, 1.165) is 23.5 Å². The highest BCUT2D eigenvalue weighted by atomic mass is 35.5. The summed E-state index contributed by atoms with van der Waals surface area (Å²) >= 11 is 3.06. The summed E-state index contributed by atoms with van der Waals surface area (Å²) in [6.45, 7) is 3.00. The Morgan fingerprint density at radius 3 is 2.80 bits per heavy atom. The molecule has 0 spiro atoms. The van der Waals surface area contributed by atoms with E-state index in [1.54, 1.807) is 16.2 Å². The summed E-state index contributed by atoms with van der Waals surface area (Å²) < 4.78 is 1.43. The molecule has 132 valence electrons. The summed E-state index contributed by atoms with van der Waals surface area (Å²) in [7, 11) is 0. The summed E-state index contributed by atoms with van der Waals surface area (Å²) in [5, 5.41) is 7.78. The van der Waals surface area contributed by atoms with Crippen LogP contribution in [0, 0.1) is 0 Å². The second-order valence-corrected chi connectivity index (χ2v) is 7.42. The van der Waals surface area contributed by atoms with E-state index < -0.39 is 0 Å². The van der Waals surface area contributed by atoms with Gasteiger partial charge in [-0.05, 0) is 11.4 Å². The molecule has 1 aliphatic rings. The average molecular weight is 397 g/mol. The Labute approximate surface area is 158 Å². The predicted molar refractivity (Wildman–Crippen MR) is 104 cm³/mol. The number of piperazine rings is 1. The number of nitrogens with one attached hydrogen (secondary N) is 1. The van der Waals surface area contributed by atoms with Crippen molar-refractivity contribution in [2.45, 2.75) is 6.54 Å². The zero-order valence-electron chi connectivity index (χ0n) is 13.3. The zero-order chi connectivity index (χ0) is 16.5. The first kappa shape index (κ1) is 18.1. The van der Waals surface area contributed by atoms with Crippen LogP contribution in [0.3, 0.4) is 0 Å². The number of nitrogens with zero attached hydrogens (tertiary/aromatic N) is 3. The standard InChI is InChI=1S/C16H16N4O2S2.ClH/c21-13(19-5-3-17-4-6-19)8-20-10-18-15-14(16(20)22)11(9-24-15)12-2-1-7-23-12;/h1-2,7,9-10,17H,3-6,8H2;1H. The Morgan fingerprint density at radius 2 is 2.08 bits per heavy atom. The van der Waals surface area contributed by atoms with E-state index in [-0.39, 0.29) is 30.4 Å².